The van der Waals surface area contributed by atoms with E-state index in [1.165, 1.54) is 12.3 Å². The Bertz CT molecular complexity index is 374. The normalized spacial score (nSPS) is 15.1. The minimum Gasteiger partial charge on any atom is -0.488 e. The fourth-order valence-electron chi connectivity index (χ4n) is 1.11. The summed E-state index contributed by atoms with van der Waals surface area (Å²) in [4.78, 5) is 14.9. The minimum absolute atomic E-state index is 0.207. The fourth-order valence-corrected chi connectivity index (χ4v) is 1.11. The van der Waals surface area contributed by atoms with Gasteiger partial charge in [0, 0.05) is 0 Å². The summed E-state index contributed by atoms with van der Waals surface area (Å²) in [6, 6.07) is 1.43. The first-order valence-corrected chi connectivity index (χ1v) is 4.39. The third-order valence-corrected chi connectivity index (χ3v) is 1.97. The average Bonchev–Trinajstić information content (AvgIpc) is 2.91. The Hall–Kier alpha value is -1.78. The van der Waals surface area contributed by atoms with E-state index < -0.39 is 5.91 Å². The number of carbonyl (C=O) groups is 1. The standard InChI is InChI=1S/C9H11N3O2/c10-8-3-6(9(11)13)7(4-12-8)14-5-1-2-5/h3-5H,1-2H2,(H2,10,12)(H2,11,13). The highest BCUT2D eigenvalue weighted by Gasteiger charge is 2.25. The molecule has 1 aromatic heterocycles. The Morgan fingerprint density at radius 1 is 1.57 bits per heavy atom. The second kappa shape index (κ2) is 3.17. The number of rotatable bonds is 3. The van der Waals surface area contributed by atoms with E-state index in [1.807, 2.05) is 0 Å². The number of hydrogen-bond donors (Lipinski definition) is 2. The van der Waals surface area contributed by atoms with Crippen LogP contribution in [0.1, 0.15) is 23.2 Å². The molecular weight excluding hydrogens is 182 g/mol. The Balaban J connectivity index is 2.31. The molecule has 1 aliphatic carbocycles. The molecule has 1 amide bonds. The quantitative estimate of drug-likeness (QED) is 0.722. The van der Waals surface area contributed by atoms with Crippen molar-refractivity contribution in [2.75, 3.05) is 5.73 Å². The van der Waals surface area contributed by atoms with Gasteiger partial charge in [0.05, 0.1) is 17.9 Å². The molecule has 74 valence electrons. The second-order valence-corrected chi connectivity index (χ2v) is 3.29. The number of anilines is 1. The minimum atomic E-state index is -0.547. The lowest BCUT2D eigenvalue weighted by Gasteiger charge is -2.07. The Kier molecular flexibility index (Phi) is 1.99. The van der Waals surface area contributed by atoms with Crippen LogP contribution < -0.4 is 16.2 Å². The predicted octanol–water partition coefficient (Wildman–Crippen LogP) is 0.304. The molecule has 1 saturated carbocycles. The largest absolute Gasteiger partial charge is 0.488 e. The van der Waals surface area contributed by atoms with Gasteiger partial charge in [-0.1, -0.05) is 0 Å². The smallest absolute Gasteiger partial charge is 0.252 e. The molecule has 0 aliphatic heterocycles. The molecule has 0 spiro atoms. The number of aromatic nitrogens is 1. The SMILES string of the molecule is NC(=O)c1cc(N)ncc1OC1CC1. The maximum absolute atomic E-state index is 11.0. The van der Waals surface area contributed by atoms with E-state index in [9.17, 15) is 4.79 Å². The van der Waals surface area contributed by atoms with Crippen LogP contribution in [0.4, 0.5) is 5.82 Å². The number of carbonyl (C=O) groups excluding carboxylic acids is 1. The van der Waals surface area contributed by atoms with E-state index in [2.05, 4.69) is 4.98 Å². The summed E-state index contributed by atoms with van der Waals surface area (Å²) in [7, 11) is 0. The number of nitrogen functional groups attached to an aromatic ring is 1. The number of pyridine rings is 1. The topological polar surface area (TPSA) is 91.2 Å². The highest BCUT2D eigenvalue weighted by Crippen LogP contribution is 2.28. The molecule has 0 unspecified atom stereocenters. The van der Waals surface area contributed by atoms with Crippen LogP contribution in [0.5, 0.6) is 5.75 Å². The Labute approximate surface area is 81.1 Å². The molecule has 1 heterocycles. The third-order valence-electron chi connectivity index (χ3n) is 1.97. The maximum atomic E-state index is 11.0. The number of nitrogens with two attached hydrogens (primary N) is 2. The van der Waals surface area contributed by atoms with E-state index in [1.54, 1.807) is 0 Å². The lowest BCUT2D eigenvalue weighted by atomic mass is 10.2. The van der Waals surface area contributed by atoms with Crippen molar-refractivity contribution < 1.29 is 9.53 Å². The second-order valence-electron chi connectivity index (χ2n) is 3.29. The van der Waals surface area contributed by atoms with Gasteiger partial charge in [-0.3, -0.25) is 4.79 Å². The van der Waals surface area contributed by atoms with Crippen LogP contribution in [0.3, 0.4) is 0 Å². The molecule has 0 saturated heterocycles. The van der Waals surface area contributed by atoms with Gasteiger partial charge in [0.25, 0.3) is 5.91 Å². The highest BCUT2D eigenvalue weighted by molar-refractivity contribution is 5.96. The highest BCUT2D eigenvalue weighted by atomic mass is 16.5. The van der Waals surface area contributed by atoms with Gasteiger partial charge in [-0.05, 0) is 18.9 Å². The van der Waals surface area contributed by atoms with E-state index >= 15 is 0 Å². The van der Waals surface area contributed by atoms with E-state index in [0.717, 1.165) is 12.8 Å². The van der Waals surface area contributed by atoms with Gasteiger partial charge in [0.15, 0.2) is 5.75 Å². The van der Waals surface area contributed by atoms with Crippen molar-refractivity contribution in [1.82, 2.24) is 4.98 Å². The molecule has 5 heteroatoms. The van der Waals surface area contributed by atoms with Crippen molar-refractivity contribution in [1.29, 1.82) is 0 Å². The summed E-state index contributed by atoms with van der Waals surface area (Å²) < 4.78 is 5.45. The molecule has 0 aromatic carbocycles. The molecular formula is C9H11N3O2. The average molecular weight is 193 g/mol. The van der Waals surface area contributed by atoms with Crippen molar-refractivity contribution in [2.45, 2.75) is 18.9 Å². The maximum Gasteiger partial charge on any atom is 0.252 e. The van der Waals surface area contributed by atoms with Crippen molar-refractivity contribution in [3.05, 3.63) is 17.8 Å². The van der Waals surface area contributed by atoms with E-state index in [0.29, 0.717) is 11.3 Å². The molecule has 1 fully saturated rings. The molecule has 2 rings (SSSR count). The van der Waals surface area contributed by atoms with Crippen molar-refractivity contribution in [3.63, 3.8) is 0 Å². The summed E-state index contributed by atoms with van der Waals surface area (Å²) in [5.41, 5.74) is 10.9. The lowest BCUT2D eigenvalue weighted by Crippen LogP contribution is -2.14. The number of ether oxygens (including phenoxy) is 1. The Morgan fingerprint density at radius 2 is 2.29 bits per heavy atom. The molecule has 0 bridgehead atoms. The van der Waals surface area contributed by atoms with Crippen LogP contribution >= 0.6 is 0 Å². The van der Waals surface area contributed by atoms with E-state index in [-0.39, 0.29) is 11.9 Å². The molecule has 5 nitrogen and oxygen atoms in total. The van der Waals surface area contributed by atoms with Crippen molar-refractivity contribution in [3.8, 4) is 5.75 Å². The van der Waals surface area contributed by atoms with Crippen LogP contribution in [0.25, 0.3) is 0 Å². The number of hydrogen-bond acceptors (Lipinski definition) is 4. The van der Waals surface area contributed by atoms with Crippen LogP contribution in [-0.4, -0.2) is 17.0 Å². The van der Waals surface area contributed by atoms with Gasteiger partial charge in [0.2, 0.25) is 0 Å². The predicted molar refractivity (Wildman–Crippen MR) is 50.8 cm³/mol. The summed E-state index contributed by atoms with van der Waals surface area (Å²) >= 11 is 0. The first-order chi connectivity index (χ1) is 6.66. The number of amides is 1. The first kappa shape index (κ1) is 8.80. The Morgan fingerprint density at radius 3 is 2.86 bits per heavy atom. The molecule has 4 N–H and O–H groups in total. The summed E-state index contributed by atoms with van der Waals surface area (Å²) in [6.45, 7) is 0. The summed E-state index contributed by atoms with van der Waals surface area (Å²) in [6.07, 6.45) is 3.68. The van der Waals surface area contributed by atoms with Crippen LogP contribution in [0.2, 0.25) is 0 Å². The van der Waals surface area contributed by atoms with Gasteiger partial charge in [-0.15, -0.1) is 0 Å². The zero-order valence-electron chi connectivity index (χ0n) is 7.56. The number of primary amides is 1. The monoisotopic (exact) mass is 193 g/mol. The number of nitrogens with zero attached hydrogens (tertiary/aromatic N) is 1. The van der Waals surface area contributed by atoms with Crippen molar-refractivity contribution in [2.24, 2.45) is 5.73 Å². The van der Waals surface area contributed by atoms with Gasteiger partial charge < -0.3 is 16.2 Å². The lowest BCUT2D eigenvalue weighted by molar-refractivity contribution is 0.0996. The van der Waals surface area contributed by atoms with Gasteiger partial charge in [-0.2, -0.15) is 0 Å². The molecule has 14 heavy (non-hydrogen) atoms. The van der Waals surface area contributed by atoms with Gasteiger partial charge in [0.1, 0.15) is 5.82 Å². The van der Waals surface area contributed by atoms with E-state index in [4.69, 9.17) is 16.2 Å². The van der Waals surface area contributed by atoms with Crippen molar-refractivity contribution >= 4 is 11.7 Å². The molecule has 1 aliphatic rings. The molecule has 1 aromatic rings. The van der Waals surface area contributed by atoms with Gasteiger partial charge in [-0.25, -0.2) is 4.98 Å². The first-order valence-electron chi connectivity index (χ1n) is 4.39. The van der Waals surface area contributed by atoms with Crippen LogP contribution in [0.15, 0.2) is 12.3 Å². The zero-order valence-corrected chi connectivity index (χ0v) is 7.56. The fraction of sp³-hybridized carbons (Fsp3) is 0.333. The van der Waals surface area contributed by atoms with Crippen LogP contribution in [-0.2, 0) is 0 Å². The molecule has 0 atom stereocenters. The molecule has 0 radical (unpaired) electrons. The summed E-state index contributed by atoms with van der Waals surface area (Å²) in [5, 5.41) is 0. The third kappa shape index (κ3) is 1.76. The van der Waals surface area contributed by atoms with Gasteiger partial charge >= 0.3 is 0 Å². The zero-order chi connectivity index (χ0) is 10.1. The summed E-state index contributed by atoms with van der Waals surface area (Å²) in [5.74, 6) is 0.144. The van der Waals surface area contributed by atoms with Crippen LogP contribution in [0, 0.1) is 0 Å².